The van der Waals surface area contributed by atoms with Crippen LogP contribution in [-0.2, 0) is 4.79 Å². The van der Waals surface area contributed by atoms with Crippen molar-refractivity contribution in [2.24, 2.45) is 4.99 Å². The van der Waals surface area contributed by atoms with Crippen LogP contribution in [0.2, 0.25) is 0 Å². The standard InChI is InChI=1S/C18H20N4O/c1-13-11-22(12-19-13)15-7-5-6-14(10-15)16-17(23)21-18(20-16)8-3-2-4-9-18/h5-7,10-12H,2-4,8-9H2,1H3,(H,21,23). The predicted octanol–water partition coefficient (Wildman–Crippen LogP) is 2.76. The molecule has 1 saturated carbocycles. The molecular weight excluding hydrogens is 288 g/mol. The van der Waals surface area contributed by atoms with Crippen LogP contribution in [0.1, 0.15) is 43.4 Å². The minimum atomic E-state index is -0.355. The number of carbonyl (C=O) groups excluding carboxylic acids is 1. The van der Waals surface area contributed by atoms with Gasteiger partial charge < -0.3 is 9.88 Å². The molecule has 5 heteroatoms. The first-order chi connectivity index (χ1) is 11.2. The molecule has 1 amide bonds. The van der Waals surface area contributed by atoms with E-state index < -0.39 is 0 Å². The molecule has 0 saturated heterocycles. The normalized spacial score (nSPS) is 19.7. The highest BCUT2D eigenvalue weighted by atomic mass is 16.2. The molecule has 0 unspecified atom stereocenters. The molecule has 23 heavy (non-hydrogen) atoms. The quantitative estimate of drug-likeness (QED) is 0.927. The summed E-state index contributed by atoms with van der Waals surface area (Å²) in [6, 6.07) is 7.92. The fraction of sp³-hybridized carbons (Fsp3) is 0.389. The topological polar surface area (TPSA) is 59.3 Å². The number of aromatic nitrogens is 2. The summed E-state index contributed by atoms with van der Waals surface area (Å²) in [5.41, 5.74) is 3.03. The highest BCUT2D eigenvalue weighted by molar-refractivity contribution is 6.46. The van der Waals surface area contributed by atoms with Gasteiger partial charge in [-0.2, -0.15) is 0 Å². The summed E-state index contributed by atoms with van der Waals surface area (Å²) in [5, 5.41) is 3.12. The Bertz CT molecular complexity index is 784. The number of nitrogens with one attached hydrogen (secondary N) is 1. The lowest BCUT2D eigenvalue weighted by Gasteiger charge is -2.30. The molecule has 0 atom stereocenters. The Labute approximate surface area is 135 Å². The Balaban J connectivity index is 1.70. The number of aryl methyl sites for hydroxylation is 1. The van der Waals surface area contributed by atoms with E-state index in [0.717, 1.165) is 42.6 Å². The molecule has 2 aromatic rings. The molecule has 1 fully saturated rings. The zero-order valence-corrected chi connectivity index (χ0v) is 13.2. The molecule has 2 heterocycles. The van der Waals surface area contributed by atoms with Gasteiger partial charge in [-0.3, -0.25) is 9.79 Å². The van der Waals surface area contributed by atoms with Crippen molar-refractivity contribution in [3.8, 4) is 5.69 Å². The van der Waals surface area contributed by atoms with Gasteiger partial charge >= 0.3 is 0 Å². The summed E-state index contributed by atoms with van der Waals surface area (Å²) in [4.78, 5) is 21.5. The van der Waals surface area contributed by atoms with Gasteiger partial charge in [0.05, 0.1) is 12.0 Å². The maximum Gasteiger partial charge on any atom is 0.272 e. The van der Waals surface area contributed by atoms with E-state index in [4.69, 9.17) is 4.99 Å². The number of rotatable bonds is 2. The summed E-state index contributed by atoms with van der Waals surface area (Å²) >= 11 is 0. The van der Waals surface area contributed by atoms with Crippen molar-refractivity contribution < 1.29 is 4.79 Å². The summed E-state index contributed by atoms with van der Waals surface area (Å²) in [6.45, 7) is 1.96. The van der Waals surface area contributed by atoms with E-state index in [2.05, 4.69) is 10.3 Å². The van der Waals surface area contributed by atoms with Gasteiger partial charge in [0.2, 0.25) is 0 Å². The van der Waals surface area contributed by atoms with E-state index in [-0.39, 0.29) is 11.6 Å². The molecule has 0 radical (unpaired) electrons. The van der Waals surface area contributed by atoms with E-state index in [1.165, 1.54) is 6.42 Å². The monoisotopic (exact) mass is 308 g/mol. The molecule has 1 aromatic carbocycles. The lowest BCUT2D eigenvalue weighted by molar-refractivity contribution is -0.115. The average molecular weight is 308 g/mol. The Morgan fingerprint density at radius 1 is 1.22 bits per heavy atom. The maximum atomic E-state index is 12.4. The number of benzene rings is 1. The smallest absolute Gasteiger partial charge is 0.272 e. The van der Waals surface area contributed by atoms with E-state index in [9.17, 15) is 4.79 Å². The van der Waals surface area contributed by atoms with Crippen LogP contribution < -0.4 is 5.32 Å². The Morgan fingerprint density at radius 3 is 2.78 bits per heavy atom. The van der Waals surface area contributed by atoms with Gasteiger partial charge in [0.15, 0.2) is 0 Å². The predicted molar refractivity (Wildman–Crippen MR) is 88.8 cm³/mol. The Morgan fingerprint density at radius 2 is 2.04 bits per heavy atom. The van der Waals surface area contributed by atoms with Crippen molar-refractivity contribution in [1.29, 1.82) is 0 Å². The van der Waals surface area contributed by atoms with Crippen molar-refractivity contribution in [2.75, 3.05) is 0 Å². The number of hydrogen-bond acceptors (Lipinski definition) is 3. The first kappa shape index (κ1) is 14.2. The third-order valence-electron chi connectivity index (χ3n) is 4.70. The van der Waals surface area contributed by atoms with Crippen LogP contribution in [-0.4, -0.2) is 26.8 Å². The van der Waals surface area contributed by atoms with Crippen molar-refractivity contribution in [3.05, 3.63) is 48.0 Å². The van der Waals surface area contributed by atoms with E-state index in [0.29, 0.717) is 5.71 Å². The lowest BCUT2D eigenvalue weighted by Crippen LogP contribution is -2.43. The van der Waals surface area contributed by atoms with Crippen molar-refractivity contribution in [1.82, 2.24) is 14.9 Å². The third kappa shape index (κ3) is 2.56. The third-order valence-corrected chi connectivity index (χ3v) is 4.70. The van der Waals surface area contributed by atoms with Crippen LogP contribution in [0, 0.1) is 6.92 Å². The second-order valence-electron chi connectivity index (χ2n) is 6.48. The van der Waals surface area contributed by atoms with E-state index >= 15 is 0 Å². The number of nitrogens with zero attached hydrogens (tertiary/aromatic N) is 3. The van der Waals surface area contributed by atoms with Gasteiger partial charge in [0.25, 0.3) is 5.91 Å². The second-order valence-corrected chi connectivity index (χ2v) is 6.48. The zero-order valence-electron chi connectivity index (χ0n) is 13.2. The van der Waals surface area contributed by atoms with Gasteiger partial charge in [-0.15, -0.1) is 0 Å². The number of imidazole rings is 1. The van der Waals surface area contributed by atoms with Crippen LogP contribution in [0.4, 0.5) is 0 Å². The van der Waals surface area contributed by atoms with Gasteiger partial charge in [-0.05, 0) is 44.7 Å². The summed E-state index contributed by atoms with van der Waals surface area (Å²) < 4.78 is 1.96. The number of carbonyl (C=O) groups is 1. The molecular formula is C18H20N4O. The van der Waals surface area contributed by atoms with Crippen molar-refractivity contribution in [3.63, 3.8) is 0 Å². The molecule has 2 aliphatic rings. The van der Waals surface area contributed by atoms with E-state index in [1.807, 2.05) is 42.0 Å². The molecule has 5 nitrogen and oxygen atoms in total. The van der Waals surface area contributed by atoms with Crippen LogP contribution in [0.25, 0.3) is 5.69 Å². The maximum absolute atomic E-state index is 12.4. The van der Waals surface area contributed by atoms with Gasteiger partial charge in [-0.1, -0.05) is 18.6 Å². The minimum absolute atomic E-state index is 0.0501. The molecule has 1 aromatic heterocycles. The Kier molecular flexibility index (Phi) is 3.29. The lowest BCUT2D eigenvalue weighted by atomic mass is 9.90. The molecule has 1 N–H and O–H groups in total. The minimum Gasteiger partial charge on any atom is -0.326 e. The second kappa shape index (κ2) is 5.33. The summed E-state index contributed by atoms with van der Waals surface area (Å²) in [7, 11) is 0. The fourth-order valence-electron chi connectivity index (χ4n) is 3.51. The van der Waals surface area contributed by atoms with Crippen LogP contribution >= 0.6 is 0 Å². The Hall–Kier alpha value is -2.43. The first-order valence-corrected chi connectivity index (χ1v) is 8.19. The van der Waals surface area contributed by atoms with Gasteiger partial charge in [0, 0.05) is 17.4 Å². The van der Waals surface area contributed by atoms with Crippen LogP contribution in [0.15, 0.2) is 41.8 Å². The average Bonchev–Trinajstić information content (AvgIpc) is 3.12. The van der Waals surface area contributed by atoms with Crippen molar-refractivity contribution in [2.45, 2.75) is 44.7 Å². The highest BCUT2D eigenvalue weighted by Crippen LogP contribution is 2.33. The summed E-state index contributed by atoms with van der Waals surface area (Å²) in [6.07, 6.45) is 9.14. The molecule has 1 aliphatic carbocycles. The van der Waals surface area contributed by atoms with Gasteiger partial charge in [-0.25, -0.2) is 4.98 Å². The fourth-order valence-corrected chi connectivity index (χ4v) is 3.51. The van der Waals surface area contributed by atoms with Crippen LogP contribution in [0.3, 0.4) is 0 Å². The number of aliphatic imine (C=N–C) groups is 1. The van der Waals surface area contributed by atoms with Crippen molar-refractivity contribution >= 4 is 11.6 Å². The molecule has 1 spiro atoms. The molecule has 4 rings (SSSR count). The molecule has 0 bridgehead atoms. The molecule has 1 aliphatic heterocycles. The van der Waals surface area contributed by atoms with E-state index in [1.54, 1.807) is 6.33 Å². The zero-order chi connectivity index (χ0) is 15.9. The van der Waals surface area contributed by atoms with Crippen LogP contribution in [0.5, 0.6) is 0 Å². The number of hydrogen-bond donors (Lipinski definition) is 1. The molecule has 118 valence electrons. The largest absolute Gasteiger partial charge is 0.326 e. The number of amides is 1. The van der Waals surface area contributed by atoms with Gasteiger partial charge in [0.1, 0.15) is 11.4 Å². The highest BCUT2D eigenvalue weighted by Gasteiger charge is 2.40. The summed E-state index contributed by atoms with van der Waals surface area (Å²) in [5.74, 6) is -0.0501. The first-order valence-electron chi connectivity index (χ1n) is 8.19. The SMILES string of the molecule is Cc1cn(-c2cccc(C3=NC4(CCCCC4)NC3=O)c2)cn1.